The van der Waals surface area contributed by atoms with Crippen LogP contribution >= 0.6 is 11.6 Å². The zero-order valence-corrected chi connectivity index (χ0v) is 19.4. The Bertz CT molecular complexity index is 1060. The normalized spacial score (nSPS) is 16.9. The number of aliphatic hydroxyl groups excluding tert-OH is 1. The monoisotopic (exact) mass is 476 g/mol. The number of hydrogen-bond donors (Lipinski definition) is 2. The summed E-state index contributed by atoms with van der Waals surface area (Å²) in [6.45, 7) is 1.86. The molecular weight excluding hydrogens is 451 g/mol. The fourth-order valence-electron chi connectivity index (χ4n) is 3.53. The van der Waals surface area contributed by atoms with Gasteiger partial charge >= 0.3 is 0 Å². The molecule has 1 aliphatic heterocycles. The van der Waals surface area contributed by atoms with Crippen LogP contribution in [0.1, 0.15) is 23.5 Å². The molecule has 0 aromatic heterocycles. The van der Waals surface area contributed by atoms with E-state index < -0.39 is 23.7 Å². The van der Waals surface area contributed by atoms with E-state index in [1.165, 1.54) is 30.3 Å². The summed E-state index contributed by atoms with van der Waals surface area (Å²) in [4.78, 5) is 26.9. The van der Waals surface area contributed by atoms with Crippen LogP contribution in [0.15, 0.2) is 48.2 Å². The number of anilines is 1. The Morgan fingerprint density at radius 2 is 2.00 bits per heavy atom. The molecule has 3 rings (SSSR count). The maximum Gasteiger partial charge on any atom is 0.253 e. The number of nitrogens with one attached hydrogen (secondary N) is 1. The van der Waals surface area contributed by atoms with Crippen molar-refractivity contribution in [2.24, 2.45) is 0 Å². The van der Waals surface area contributed by atoms with E-state index in [0.29, 0.717) is 33.2 Å². The van der Waals surface area contributed by atoms with Gasteiger partial charge in [-0.1, -0.05) is 23.7 Å². The predicted molar refractivity (Wildman–Crippen MR) is 123 cm³/mol. The molecule has 0 saturated heterocycles. The summed E-state index contributed by atoms with van der Waals surface area (Å²) in [6, 6.07) is 8.99. The van der Waals surface area contributed by atoms with E-state index in [0.717, 1.165) is 0 Å². The number of amides is 2. The van der Waals surface area contributed by atoms with Gasteiger partial charge in [-0.15, -0.1) is 0 Å². The molecule has 0 bridgehead atoms. The molecule has 1 aliphatic rings. The summed E-state index contributed by atoms with van der Waals surface area (Å²) in [6.07, 6.45) is 0.758. The highest BCUT2D eigenvalue weighted by molar-refractivity contribution is 6.32. The van der Waals surface area contributed by atoms with Crippen molar-refractivity contribution in [1.29, 1.82) is 0 Å². The zero-order valence-electron chi connectivity index (χ0n) is 18.6. The van der Waals surface area contributed by atoms with E-state index >= 15 is 0 Å². The lowest BCUT2D eigenvalue weighted by atomic mass is 9.85. The maximum absolute atomic E-state index is 13.4. The number of aryl methyl sites for hydroxylation is 1. The van der Waals surface area contributed by atoms with E-state index in [4.69, 9.17) is 21.1 Å². The second-order valence-corrected chi connectivity index (χ2v) is 8.28. The molecule has 0 spiro atoms. The Labute approximate surface area is 196 Å². The molecule has 0 radical (unpaired) electrons. The topological polar surface area (TPSA) is 88.1 Å². The van der Waals surface area contributed by atoms with Gasteiger partial charge in [0.2, 0.25) is 5.91 Å². The van der Waals surface area contributed by atoms with Crippen LogP contribution in [0.2, 0.25) is 5.02 Å². The zero-order chi connectivity index (χ0) is 24.1. The fraction of sp³-hybridized carbons (Fsp3) is 0.333. The maximum atomic E-state index is 13.4. The van der Waals surface area contributed by atoms with Crippen molar-refractivity contribution in [3.05, 3.63) is 70.1 Å². The van der Waals surface area contributed by atoms with Gasteiger partial charge < -0.3 is 24.8 Å². The van der Waals surface area contributed by atoms with Gasteiger partial charge in [-0.05, 0) is 36.2 Å². The molecule has 0 fully saturated rings. The summed E-state index contributed by atoms with van der Waals surface area (Å²) < 4.78 is 23.9. The first kappa shape index (κ1) is 24.7. The second-order valence-electron chi connectivity index (χ2n) is 7.87. The van der Waals surface area contributed by atoms with Crippen molar-refractivity contribution in [2.75, 3.05) is 32.7 Å². The molecule has 2 aromatic rings. The molecular formula is C24H26ClFN2O5. The Morgan fingerprint density at radius 1 is 1.30 bits per heavy atom. The highest BCUT2D eigenvalue weighted by Crippen LogP contribution is 2.35. The third kappa shape index (κ3) is 6.10. The first-order valence-corrected chi connectivity index (χ1v) is 10.7. The number of methoxy groups -OCH3 is 1. The van der Waals surface area contributed by atoms with Gasteiger partial charge in [-0.25, -0.2) is 4.39 Å². The standard InChI is InChI=1S/C24H26ClFN2O5/c1-14-8-20(25)22(33-13-17(29)12-32-3)10-21(14)27-24(31)19-11-28(2)23(30)9-18(19)15-4-6-16(26)7-5-15/h4-8,10-11,17-18,29H,9,12-13H2,1-3H3,(H,27,31). The minimum Gasteiger partial charge on any atom is -0.489 e. The summed E-state index contributed by atoms with van der Waals surface area (Å²) >= 11 is 6.26. The molecule has 2 unspecified atom stereocenters. The number of halogens is 2. The molecule has 2 N–H and O–H groups in total. The van der Waals surface area contributed by atoms with Gasteiger partial charge in [-0.3, -0.25) is 9.59 Å². The van der Waals surface area contributed by atoms with Gasteiger partial charge in [0.1, 0.15) is 24.3 Å². The molecule has 7 nitrogen and oxygen atoms in total. The number of carbonyl (C=O) groups excluding carboxylic acids is 2. The Kier molecular flexibility index (Phi) is 8.07. The second kappa shape index (κ2) is 10.8. The number of hydrogen-bond acceptors (Lipinski definition) is 5. The number of nitrogens with zero attached hydrogens (tertiary/aromatic N) is 1. The Hall–Kier alpha value is -2.94. The van der Waals surface area contributed by atoms with Crippen LogP contribution in [0, 0.1) is 12.7 Å². The molecule has 2 amide bonds. The molecule has 0 aliphatic carbocycles. The van der Waals surface area contributed by atoms with Crippen LogP contribution in [0.4, 0.5) is 10.1 Å². The van der Waals surface area contributed by atoms with E-state index in [1.807, 2.05) is 0 Å². The van der Waals surface area contributed by atoms with Crippen molar-refractivity contribution in [3.63, 3.8) is 0 Å². The number of benzene rings is 2. The van der Waals surface area contributed by atoms with Crippen LogP contribution in [-0.4, -0.2) is 55.3 Å². The number of aliphatic hydroxyl groups is 1. The lowest BCUT2D eigenvalue weighted by Gasteiger charge is -2.28. The number of ether oxygens (including phenoxy) is 2. The third-order valence-corrected chi connectivity index (χ3v) is 5.63. The Morgan fingerprint density at radius 3 is 2.67 bits per heavy atom. The summed E-state index contributed by atoms with van der Waals surface area (Å²) in [5, 5.41) is 13.0. The third-order valence-electron chi connectivity index (χ3n) is 5.33. The van der Waals surface area contributed by atoms with Crippen LogP contribution in [0.25, 0.3) is 0 Å². The van der Waals surface area contributed by atoms with Crippen molar-refractivity contribution in [3.8, 4) is 5.75 Å². The van der Waals surface area contributed by atoms with Crippen molar-refractivity contribution < 1.29 is 28.6 Å². The fourth-order valence-corrected chi connectivity index (χ4v) is 3.80. The quantitative estimate of drug-likeness (QED) is 0.607. The minimum absolute atomic E-state index is 0.0330. The summed E-state index contributed by atoms with van der Waals surface area (Å²) in [7, 11) is 3.06. The molecule has 2 atom stereocenters. The molecule has 9 heteroatoms. The van der Waals surface area contributed by atoms with Gasteiger partial charge in [0.05, 0.1) is 11.6 Å². The summed E-state index contributed by atoms with van der Waals surface area (Å²) in [5.74, 6) is -1.16. The lowest BCUT2D eigenvalue weighted by Crippen LogP contribution is -2.33. The van der Waals surface area contributed by atoms with Gasteiger partial charge in [0.25, 0.3) is 5.91 Å². The summed E-state index contributed by atoms with van der Waals surface area (Å²) in [5.41, 5.74) is 2.22. The first-order valence-electron chi connectivity index (χ1n) is 10.3. The SMILES string of the molecule is COCC(O)COc1cc(NC(=O)C2=CN(C)C(=O)CC2c2ccc(F)cc2)c(C)cc1Cl. The van der Waals surface area contributed by atoms with E-state index in [2.05, 4.69) is 5.32 Å². The smallest absolute Gasteiger partial charge is 0.253 e. The van der Waals surface area contributed by atoms with Crippen molar-refractivity contribution in [1.82, 2.24) is 4.90 Å². The minimum atomic E-state index is -0.831. The molecule has 2 aromatic carbocycles. The van der Waals surface area contributed by atoms with E-state index in [9.17, 15) is 19.1 Å². The van der Waals surface area contributed by atoms with Crippen LogP contribution < -0.4 is 10.1 Å². The molecule has 1 heterocycles. The first-order chi connectivity index (χ1) is 15.7. The largest absolute Gasteiger partial charge is 0.489 e. The highest BCUT2D eigenvalue weighted by Gasteiger charge is 2.31. The van der Waals surface area contributed by atoms with Gasteiger partial charge in [-0.2, -0.15) is 0 Å². The van der Waals surface area contributed by atoms with Crippen LogP contribution in [-0.2, 0) is 14.3 Å². The molecule has 33 heavy (non-hydrogen) atoms. The van der Waals surface area contributed by atoms with Crippen LogP contribution in [0.3, 0.4) is 0 Å². The number of carbonyl (C=O) groups is 2. The highest BCUT2D eigenvalue weighted by atomic mass is 35.5. The van der Waals surface area contributed by atoms with Crippen molar-refractivity contribution in [2.45, 2.75) is 25.4 Å². The van der Waals surface area contributed by atoms with Gasteiger partial charge in [0.15, 0.2) is 0 Å². The van der Waals surface area contributed by atoms with Crippen molar-refractivity contribution >= 4 is 29.1 Å². The predicted octanol–water partition coefficient (Wildman–Crippen LogP) is 3.64. The van der Waals surface area contributed by atoms with E-state index in [-0.39, 0.29) is 25.5 Å². The van der Waals surface area contributed by atoms with E-state index in [1.54, 1.807) is 38.2 Å². The lowest BCUT2D eigenvalue weighted by molar-refractivity contribution is -0.128. The molecule has 0 saturated carbocycles. The average molecular weight is 477 g/mol. The molecule has 176 valence electrons. The van der Waals surface area contributed by atoms with Crippen LogP contribution in [0.5, 0.6) is 5.75 Å². The average Bonchev–Trinajstić information content (AvgIpc) is 2.77. The number of rotatable bonds is 8. The van der Waals surface area contributed by atoms with Gasteiger partial charge in [0, 0.05) is 50.0 Å². The Balaban J connectivity index is 1.85.